The van der Waals surface area contributed by atoms with E-state index < -0.39 is 10.0 Å². The molecule has 0 N–H and O–H groups in total. The number of piperazine rings is 1. The molecule has 2 aromatic rings. The van der Waals surface area contributed by atoms with Crippen LogP contribution in [0.15, 0.2) is 33.8 Å². The molecule has 0 unspecified atom stereocenters. The number of benzene rings is 1. The Bertz CT molecular complexity index is 898. The highest BCUT2D eigenvalue weighted by Crippen LogP contribution is 2.35. The van der Waals surface area contributed by atoms with E-state index in [4.69, 9.17) is 27.9 Å². The number of methoxy groups -OCH3 is 1. The molecule has 140 valence electrons. The second kappa shape index (κ2) is 7.85. The normalized spacial score (nSPS) is 15.9. The average molecular weight is 482 g/mol. The summed E-state index contributed by atoms with van der Waals surface area (Å²) in [7, 11) is -2.27. The van der Waals surface area contributed by atoms with Crippen molar-refractivity contribution in [1.29, 1.82) is 0 Å². The minimum absolute atomic E-state index is 0.0740. The first-order valence-electron chi connectivity index (χ1n) is 7.59. The summed E-state index contributed by atoms with van der Waals surface area (Å²) in [6.45, 7) is 1.42. The largest absolute Gasteiger partial charge is 0.481 e. The second-order valence-electron chi connectivity index (χ2n) is 5.49. The third kappa shape index (κ3) is 3.91. The molecule has 1 fully saturated rings. The maximum Gasteiger partial charge on any atom is 0.246 e. The summed E-state index contributed by atoms with van der Waals surface area (Å²) in [5, 5.41) is 0.172. The van der Waals surface area contributed by atoms with Gasteiger partial charge >= 0.3 is 0 Å². The first-order chi connectivity index (χ1) is 12.3. The molecule has 3 rings (SSSR count). The fourth-order valence-corrected chi connectivity index (χ4v) is 5.94. The Morgan fingerprint density at radius 2 is 1.77 bits per heavy atom. The second-order valence-corrected chi connectivity index (χ2v) is 9.09. The van der Waals surface area contributed by atoms with Gasteiger partial charge in [-0.25, -0.2) is 13.4 Å². The molecule has 0 bridgehead atoms. The molecular formula is C15H15BrCl2N4O3S. The van der Waals surface area contributed by atoms with Crippen molar-refractivity contribution >= 4 is 55.1 Å². The maximum atomic E-state index is 13.0. The highest BCUT2D eigenvalue weighted by molar-refractivity contribution is 9.10. The first-order valence-corrected chi connectivity index (χ1v) is 10.6. The van der Waals surface area contributed by atoms with E-state index in [9.17, 15) is 8.42 Å². The van der Waals surface area contributed by atoms with Crippen LogP contribution in [-0.2, 0) is 10.0 Å². The van der Waals surface area contributed by atoms with Gasteiger partial charge in [-0.15, -0.1) is 0 Å². The van der Waals surface area contributed by atoms with E-state index >= 15 is 0 Å². The van der Waals surface area contributed by atoms with Crippen LogP contribution in [0.1, 0.15) is 0 Å². The Kier molecular flexibility index (Phi) is 5.93. The lowest BCUT2D eigenvalue weighted by atomic mass is 10.4. The maximum absolute atomic E-state index is 13.0. The Labute approximate surface area is 170 Å². The fourth-order valence-electron chi connectivity index (χ4n) is 2.63. The smallest absolute Gasteiger partial charge is 0.246 e. The summed E-state index contributed by atoms with van der Waals surface area (Å²) in [5.41, 5.74) is 0. The lowest BCUT2D eigenvalue weighted by Crippen LogP contribution is -2.49. The van der Waals surface area contributed by atoms with Crippen molar-refractivity contribution in [3.05, 3.63) is 38.9 Å². The number of halogens is 3. The standard InChI is InChI=1S/C15H15BrCl2N4O3S/c1-25-13-2-3-19-15(20-13)21-4-6-22(7-5-21)26(23,24)14-11(17)8-10(16)9-12(14)18/h2-3,8-9H,4-7H2,1H3. The number of aromatic nitrogens is 2. The SMILES string of the molecule is COc1ccnc(N2CCN(S(=O)(=O)c3c(Cl)cc(Br)cc3Cl)CC2)n1. The Balaban J connectivity index is 1.79. The number of rotatable bonds is 4. The molecule has 26 heavy (non-hydrogen) atoms. The van der Waals surface area contributed by atoms with Crippen LogP contribution in [0.3, 0.4) is 0 Å². The zero-order valence-corrected chi connectivity index (χ0v) is 17.6. The lowest BCUT2D eigenvalue weighted by molar-refractivity contribution is 0.377. The van der Waals surface area contributed by atoms with Crippen LogP contribution in [0.5, 0.6) is 5.88 Å². The van der Waals surface area contributed by atoms with Gasteiger partial charge in [0.25, 0.3) is 0 Å². The van der Waals surface area contributed by atoms with Crippen molar-refractivity contribution in [1.82, 2.24) is 14.3 Å². The lowest BCUT2D eigenvalue weighted by Gasteiger charge is -2.34. The minimum Gasteiger partial charge on any atom is -0.481 e. The van der Waals surface area contributed by atoms with Crippen LogP contribution in [-0.4, -0.2) is 56.0 Å². The summed E-state index contributed by atoms with van der Waals surface area (Å²) in [4.78, 5) is 10.3. The van der Waals surface area contributed by atoms with Gasteiger partial charge in [0.2, 0.25) is 21.9 Å². The molecule has 1 aliphatic rings. The van der Waals surface area contributed by atoms with Crippen molar-refractivity contribution in [2.45, 2.75) is 4.90 Å². The molecule has 0 aliphatic carbocycles. The van der Waals surface area contributed by atoms with E-state index in [2.05, 4.69) is 25.9 Å². The third-order valence-electron chi connectivity index (χ3n) is 3.91. The van der Waals surface area contributed by atoms with Crippen LogP contribution < -0.4 is 9.64 Å². The Morgan fingerprint density at radius 3 is 2.35 bits per heavy atom. The number of hydrogen-bond donors (Lipinski definition) is 0. The highest BCUT2D eigenvalue weighted by Gasteiger charge is 2.32. The summed E-state index contributed by atoms with van der Waals surface area (Å²) in [5.74, 6) is 0.958. The molecule has 0 radical (unpaired) electrons. The van der Waals surface area contributed by atoms with Gasteiger partial charge in [0.15, 0.2) is 0 Å². The molecular weight excluding hydrogens is 467 g/mol. The molecule has 0 spiro atoms. The Hall–Kier alpha value is -1.13. The molecule has 2 heterocycles. The van der Waals surface area contributed by atoms with Gasteiger partial charge < -0.3 is 9.64 Å². The molecule has 1 aromatic heterocycles. The van der Waals surface area contributed by atoms with Gasteiger partial charge in [-0.1, -0.05) is 39.1 Å². The number of ether oxygens (including phenoxy) is 1. The number of nitrogens with zero attached hydrogens (tertiary/aromatic N) is 4. The zero-order valence-electron chi connectivity index (χ0n) is 13.7. The summed E-state index contributed by atoms with van der Waals surface area (Å²) < 4.78 is 33.0. The van der Waals surface area contributed by atoms with Crippen LogP contribution in [0, 0.1) is 0 Å². The summed E-state index contributed by atoms with van der Waals surface area (Å²) >= 11 is 15.5. The quantitative estimate of drug-likeness (QED) is 0.667. The minimum atomic E-state index is -3.80. The zero-order chi connectivity index (χ0) is 18.9. The van der Waals surface area contributed by atoms with Crippen molar-refractivity contribution in [3.8, 4) is 5.88 Å². The van der Waals surface area contributed by atoms with Crippen molar-refractivity contribution < 1.29 is 13.2 Å². The fraction of sp³-hybridized carbons (Fsp3) is 0.333. The third-order valence-corrected chi connectivity index (χ3v) is 7.19. The van der Waals surface area contributed by atoms with Crippen molar-refractivity contribution in [2.75, 3.05) is 38.2 Å². The van der Waals surface area contributed by atoms with Gasteiger partial charge in [-0.3, -0.25) is 0 Å². The van der Waals surface area contributed by atoms with E-state index in [-0.39, 0.29) is 28.0 Å². The molecule has 0 amide bonds. The molecule has 11 heteroatoms. The topological polar surface area (TPSA) is 75.6 Å². The molecule has 1 aliphatic heterocycles. The molecule has 7 nitrogen and oxygen atoms in total. The van der Waals surface area contributed by atoms with E-state index in [0.29, 0.717) is 29.4 Å². The van der Waals surface area contributed by atoms with Crippen LogP contribution in [0.2, 0.25) is 10.0 Å². The van der Waals surface area contributed by atoms with Gasteiger partial charge in [0.05, 0.1) is 17.2 Å². The van der Waals surface area contributed by atoms with Crippen LogP contribution in [0.25, 0.3) is 0 Å². The van der Waals surface area contributed by atoms with E-state index in [1.54, 1.807) is 12.3 Å². The van der Waals surface area contributed by atoms with Crippen LogP contribution in [0.4, 0.5) is 5.95 Å². The summed E-state index contributed by atoms with van der Waals surface area (Å²) in [6.07, 6.45) is 1.60. The molecule has 1 aromatic carbocycles. The van der Waals surface area contributed by atoms with Crippen molar-refractivity contribution in [3.63, 3.8) is 0 Å². The highest BCUT2D eigenvalue weighted by atomic mass is 79.9. The molecule has 1 saturated heterocycles. The van der Waals surface area contributed by atoms with Gasteiger partial charge in [-0.05, 0) is 12.1 Å². The monoisotopic (exact) mass is 480 g/mol. The molecule has 0 atom stereocenters. The predicted molar refractivity (Wildman–Crippen MR) is 104 cm³/mol. The van der Waals surface area contributed by atoms with Gasteiger partial charge in [0, 0.05) is 42.9 Å². The Morgan fingerprint density at radius 1 is 1.15 bits per heavy atom. The number of sulfonamides is 1. The van der Waals surface area contributed by atoms with E-state index in [1.165, 1.54) is 23.5 Å². The van der Waals surface area contributed by atoms with Gasteiger partial charge in [-0.2, -0.15) is 9.29 Å². The predicted octanol–water partition coefficient (Wildman–Crippen LogP) is 3.07. The van der Waals surface area contributed by atoms with E-state index in [1.807, 2.05) is 4.90 Å². The van der Waals surface area contributed by atoms with Crippen LogP contribution >= 0.6 is 39.1 Å². The van der Waals surface area contributed by atoms with Gasteiger partial charge in [0.1, 0.15) is 4.90 Å². The first kappa shape index (κ1) is 19.6. The molecule has 0 saturated carbocycles. The van der Waals surface area contributed by atoms with Crippen molar-refractivity contribution in [2.24, 2.45) is 0 Å². The number of anilines is 1. The number of hydrogen-bond acceptors (Lipinski definition) is 6. The average Bonchev–Trinajstić information content (AvgIpc) is 2.60. The van der Waals surface area contributed by atoms with E-state index in [0.717, 1.165) is 0 Å². The summed E-state index contributed by atoms with van der Waals surface area (Å²) in [6, 6.07) is 4.68.